The molecule has 1 heterocycles. The Morgan fingerprint density at radius 2 is 2.06 bits per heavy atom. The smallest absolute Gasteiger partial charge is 0.241 e. The van der Waals surface area contributed by atoms with Crippen LogP contribution in [0.15, 0.2) is 36.5 Å². The summed E-state index contributed by atoms with van der Waals surface area (Å²) >= 11 is 0. The first kappa shape index (κ1) is 12.2. The second kappa shape index (κ2) is 5.35. The highest BCUT2D eigenvalue weighted by atomic mass is 16.2. The minimum Gasteiger partial charge on any atom is -0.382 e. The van der Waals surface area contributed by atoms with Crippen molar-refractivity contribution in [3.05, 3.63) is 47.7 Å². The van der Waals surface area contributed by atoms with Gasteiger partial charge in [-0.15, -0.1) is 0 Å². The first-order chi connectivity index (χ1) is 8.63. The van der Waals surface area contributed by atoms with Crippen LogP contribution in [0.1, 0.15) is 11.1 Å². The summed E-state index contributed by atoms with van der Waals surface area (Å²) in [6, 6.07) is 9.71. The molecule has 0 aliphatic carbocycles. The van der Waals surface area contributed by atoms with Crippen LogP contribution < -0.4 is 11.1 Å². The summed E-state index contributed by atoms with van der Waals surface area (Å²) in [4.78, 5) is 11.6. The highest BCUT2D eigenvalue weighted by Crippen LogP contribution is 2.02. The number of carbonyl (C=O) groups excluding carboxylic acids is 1. The van der Waals surface area contributed by atoms with Gasteiger partial charge in [-0.25, -0.2) is 0 Å². The molecule has 1 aromatic heterocycles. The van der Waals surface area contributed by atoms with Gasteiger partial charge >= 0.3 is 0 Å². The van der Waals surface area contributed by atoms with Gasteiger partial charge in [0.15, 0.2) is 0 Å². The first-order valence-electron chi connectivity index (χ1n) is 5.74. The van der Waals surface area contributed by atoms with Gasteiger partial charge in [-0.1, -0.05) is 29.8 Å². The van der Waals surface area contributed by atoms with Crippen LogP contribution >= 0.6 is 0 Å². The number of anilines is 1. The number of hydrogen-bond acceptors (Lipinski definition) is 3. The number of nitrogen functional groups attached to an aromatic ring is 1. The Morgan fingerprint density at radius 3 is 2.67 bits per heavy atom. The fourth-order valence-electron chi connectivity index (χ4n) is 1.58. The van der Waals surface area contributed by atoms with E-state index in [0.29, 0.717) is 12.4 Å². The second-order valence-corrected chi connectivity index (χ2v) is 4.20. The van der Waals surface area contributed by atoms with E-state index in [4.69, 9.17) is 5.73 Å². The Bertz CT molecular complexity index is 530. The van der Waals surface area contributed by atoms with E-state index in [1.54, 1.807) is 12.3 Å². The normalized spacial score (nSPS) is 10.3. The molecule has 0 radical (unpaired) electrons. The quantitative estimate of drug-likeness (QED) is 0.845. The number of carbonyl (C=O) groups is 1. The molecule has 0 atom stereocenters. The van der Waals surface area contributed by atoms with Crippen LogP contribution in [0.5, 0.6) is 0 Å². The molecule has 0 bridgehead atoms. The molecule has 5 nitrogen and oxygen atoms in total. The van der Waals surface area contributed by atoms with Gasteiger partial charge in [0, 0.05) is 12.7 Å². The maximum absolute atomic E-state index is 11.6. The summed E-state index contributed by atoms with van der Waals surface area (Å²) in [6.07, 6.45) is 1.68. The van der Waals surface area contributed by atoms with Crippen molar-refractivity contribution in [2.45, 2.75) is 20.0 Å². The molecule has 0 saturated heterocycles. The third-order valence-electron chi connectivity index (χ3n) is 2.58. The summed E-state index contributed by atoms with van der Waals surface area (Å²) < 4.78 is 1.51. The monoisotopic (exact) mass is 244 g/mol. The van der Waals surface area contributed by atoms with Gasteiger partial charge < -0.3 is 11.1 Å². The van der Waals surface area contributed by atoms with E-state index < -0.39 is 0 Å². The number of rotatable bonds is 4. The number of nitrogens with one attached hydrogen (secondary N) is 1. The van der Waals surface area contributed by atoms with E-state index in [-0.39, 0.29) is 12.5 Å². The lowest BCUT2D eigenvalue weighted by Crippen LogP contribution is -2.27. The summed E-state index contributed by atoms with van der Waals surface area (Å²) in [6.45, 7) is 2.74. The van der Waals surface area contributed by atoms with Crippen LogP contribution in [0.3, 0.4) is 0 Å². The van der Waals surface area contributed by atoms with Gasteiger partial charge in [0.2, 0.25) is 5.91 Å². The summed E-state index contributed by atoms with van der Waals surface area (Å²) in [7, 11) is 0. The van der Waals surface area contributed by atoms with Crippen molar-refractivity contribution in [1.29, 1.82) is 0 Å². The lowest BCUT2D eigenvalue weighted by molar-refractivity contribution is -0.122. The number of aryl methyl sites for hydroxylation is 1. The maximum atomic E-state index is 11.6. The van der Waals surface area contributed by atoms with E-state index in [9.17, 15) is 4.79 Å². The van der Waals surface area contributed by atoms with E-state index in [0.717, 1.165) is 5.56 Å². The van der Waals surface area contributed by atoms with Crippen molar-refractivity contribution in [1.82, 2.24) is 15.1 Å². The summed E-state index contributed by atoms with van der Waals surface area (Å²) in [5, 5.41) is 6.79. The molecule has 0 fully saturated rings. The first-order valence-corrected chi connectivity index (χ1v) is 5.74. The Labute approximate surface area is 106 Å². The van der Waals surface area contributed by atoms with Crippen LogP contribution in [0.2, 0.25) is 0 Å². The van der Waals surface area contributed by atoms with Crippen molar-refractivity contribution >= 4 is 11.7 Å². The van der Waals surface area contributed by atoms with Crippen molar-refractivity contribution in [2.75, 3.05) is 5.73 Å². The Hall–Kier alpha value is -2.30. The van der Waals surface area contributed by atoms with Crippen molar-refractivity contribution in [2.24, 2.45) is 0 Å². The van der Waals surface area contributed by atoms with Gasteiger partial charge in [-0.2, -0.15) is 5.10 Å². The molecule has 0 aliphatic rings. The van der Waals surface area contributed by atoms with E-state index in [2.05, 4.69) is 10.4 Å². The molecule has 2 rings (SSSR count). The van der Waals surface area contributed by atoms with Crippen molar-refractivity contribution < 1.29 is 4.79 Å². The molecule has 0 unspecified atom stereocenters. The molecule has 94 valence electrons. The maximum Gasteiger partial charge on any atom is 0.241 e. The van der Waals surface area contributed by atoms with E-state index in [1.165, 1.54) is 10.2 Å². The number of nitrogens with zero attached hydrogens (tertiary/aromatic N) is 2. The van der Waals surface area contributed by atoms with Gasteiger partial charge in [-0.3, -0.25) is 9.48 Å². The number of amides is 1. The average Bonchev–Trinajstić information content (AvgIpc) is 2.74. The molecular formula is C13H16N4O. The van der Waals surface area contributed by atoms with Crippen molar-refractivity contribution in [3.8, 4) is 0 Å². The van der Waals surface area contributed by atoms with Gasteiger partial charge in [-0.05, 0) is 18.6 Å². The van der Waals surface area contributed by atoms with Crippen LogP contribution in [-0.4, -0.2) is 15.7 Å². The minimum atomic E-state index is -0.0846. The van der Waals surface area contributed by atoms with Crippen LogP contribution in [0, 0.1) is 6.92 Å². The molecule has 2 aromatic rings. The lowest BCUT2D eigenvalue weighted by atomic mass is 10.1. The molecule has 18 heavy (non-hydrogen) atoms. The standard InChI is InChI=1S/C13H16N4O/c1-10-2-4-11(5-3-10)8-15-13(18)9-17-7-6-12(14)16-17/h2-7H,8-9H2,1H3,(H2,14,16)(H,15,18). The molecule has 1 amide bonds. The number of aromatic nitrogens is 2. The molecule has 3 N–H and O–H groups in total. The third-order valence-corrected chi connectivity index (χ3v) is 2.58. The third kappa shape index (κ3) is 3.35. The van der Waals surface area contributed by atoms with Crippen molar-refractivity contribution in [3.63, 3.8) is 0 Å². The molecule has 5 heteroatoms. The van der Waals surface area contributed by atoms with Crippen LogP contribution in [0.4, 0.5) is 5.82 Å². The molecule has 0 spiro atoms. The zero-order chi connectivity index (χ0) is 13.0. The average molecular weight is 244 g/mol. The largest absolute Gasteiger partial charge is 0.382 e. The van der Waals surface area contributed by atoms with Gasteiger partial charge in [0.25, 0.3) is 0 Å². The van der Waals surface area contributed by atoms with Gasteiger partial charge in [0.05, 0.1) is 0 Å². The zero-order valence-electron chi connectivity index (χ0n) is 10.3. The molecular weight excluding hydrogens is 228 g/mol. The highest BCUT2D eigenvalue weighted by Gasteiger charge is 2.03. The van der Waals surface area contributed by atoms with E-state index in [1.807, 2.05) is 31.2 Å². The Balaban J connectivity index is 1.83. The Morgan fingerprint density at radius 1 is 1.33 bits per heavy atom. The molecule has 0 saturated carbocycles. The summed E-state index contributed by atoms with van der Waals surface area (Å²) in [5.41, 5.74) is 7.75. The van der Waals surface area contributed by atoms with Crippen LogP contribution in [0.25, 0.3) is 0 Å². The fraction of sp³-hybridized carbons (Fsp3) is 0.231. The molecule has 0 aliphatic heterocycles. The Kier molecular flexibility index (Phi) is 3.62. The fourth-order valence-corrected chi connectivity index (χ4v) is 1.58. The highest BCUT2D eigenvalue weighted by molar-refractivity contribution is 5.75. The minimum absolute atomic E-state index is 0.0846. The number of hydrogen-bond donors (Lipinski definition) is 2. The van der Waals surface area contributed by atoms with Crippen LogP contribution in [-0.2, 0) is 17.9 Å². The zero-order valence-corrected chi connectivity index (χ0v) is 10.3. The summed E-state index contributed by atoms with van der Waals surface area (Å²) in [5.74, 6) is 0.333. The number of benzene rings is 1. The molecule has 1 aromatic carbocycles. The lowest BCUT2D eigenvalue weighted by Gasteiger charge is -2.05. The van der Waals surface area contributed by atoms with E-state index >= 15 is 0 Å². The number of nitrogens with two attached hydrogens (primary N) is 1. The second-order valence-electron chi connectivity index (χ2n) is 4.20. The SMILES string of the molecule is Cc1ccc(CNC(=O)Cn2ccc(N)n2)cc1. The predicted octanol–water partition coefficient (Wildman–Crippen LogP) is 1.09. The predicted molar refractivity (Wildman–Crippen MR) is 69.7 cm³/mol. The van der Waals surface area contributed by atoms with Gasteiger partial charge in [0.1, 0.15) is 12.4 Å². The topological polar surface area (TPSA) is 72.9 Å².